The Morgan fingerprint density at radius 1 is 0.407 bits per heavy atom. The standard InChI is InChI=1S/C24H16Br2S/c25-21-13-5-1-9-17(21)19-11-3-7-15-23(19)27-24-16-8-4-12-20(24)18-10-2-6-14-22(18)26/h1-16H. The molecular weight excluding hydrogens is 480 g/mol. The lowest BCUT2D eigenvalue weighted by Gasteiger charge is -2.14. The Morgan fingerprint density at radius 3 is 1.15 bits per heavy atom. The van der Waals surface area contributed by atoms with E-state index in [-0.39, 0.29) is 0 Å². The fourth-order valence-electron chi connectivity index (χ4n) is 3.03. The molecule has 0 nitrogen and oxygen atoms in total. The smallest absolute Gasteiger partial charge is 0.0254 e. The van der Waals surface area contributed by atoms with Crippen molar-refractivity contribution in [1.29, 1.82) is 0 Å². The summed E-state index contributed by atoms with van der Waals surface area (Å²) in [6.07, 6.45) is 0. The van der Waals surface area contributed by atoms with Gasteiger partial charge in [-0.2, -0.15) is 0 Å². The van der Waals surface area contributed by atoms with Gasteiger partial charge >= 0.3 is 0 Å². The zero-order chi connectivity index (χ0) is 18.6. The molecule has 0 N–H and O–H groups in total. The summed E-state index contributed by atoms with van der Waals surface area (Å²) >= 11 is 9.20. The molecule has 4 rings (SSSR count). The minimum atomic E-state index is 1.11. The third kappa shape index (κ3) is 4.06. The van der Waals surface area contributed by atoms with E-state index in [1.807, 2.05) is 12.1 Å². The molecule has 0 bridgehead atoms. The number of hydrogen-bond acceptors (Lipinski definition) is 1. The van der Waals surface area contributed by atoms with Crippen molar-refractivity contribution in [1.82, 2.24) is 0 Å². The van der Waals surface area contributed by atoms with Gasteiger partial charge in [0.2, 0.25) is 0 Å². The summed E-state index contributed by atoms with van der Waals surface area (Å²) in [5.74, 6) is 0. The third-order valence-corrected chi connectivity index (χ3v) is 6.86. The highest BCUT2D eigenvalue weighted by atomic mass is 79.9. The Morgan fingerprint density at radius 2 is 0.741 bits per heavy atom. The third-order valence-electron chi connectivity index (χ3n) is 4.32. The summed E-state index contributed by atoms with van der Waals surface area (Å²) in [7, 11) is 0. The Bertz CT molecular complexity index is 1000. The largest absolute Gasteiger partial charge is 0.0888 e. The maximum atomic E-state index is 3.70. The molecule has 0 aromatic heterocycles. The van der Waals surface area contributed by atoms with Crippen LogP contribution in [0.1, 0.15) is 0 Å². The van der Waals surface area contributed by atoms with Crippen molar-refractivity contribution in [2.75, 3.05) is 0 Å². The van der Waals surface area contributed by atoms with Crippen LogP contribution < -0.4 is 0 Å². The highest BCUT2D eigenvalue weighted by Gasteiger charge is 2.13. The van der Waals surface area contributed by atoms with Crippen molar-refractivity contribution in [3.05, 3.63) is 106 Å². The van der Waals surface area contributed by atoms with Crippen LogP contribution in [0.3, 0.4) is 0 Å². The van der Waals surface area contributed by atoms with Crippen LogP contribution in [0.4, 0.5) is 0 Å². The summed E-state index contributed by atoms with van der Waals surface area (Å²) in [4.78, 5) is 2.48. The first-order valence-electron chi connectivity index (χ1n) is 8.60. The lowest BCUT2D eigenvalue weighted by Crippen LogP contribution is -1.87. The van der Waals surface area contributed by atoms with Crippen molar-refractivity contribution in [3.63, 3.8) is 0 Å². The van der Waals surface area contributed by atoms with Gasteiger partial charge in [0.25, 0.3) is 0 Å². The normalized spacial score (nSPS) is 10.7. The van der Waals surface area contributed by atoms with Gasteiger partial charge in [-0.3, -0.25) is 0 Å². The summed E-state index contributed by atoms with van der Waals surface area (Å²) in [5.41, 5.74) is 4.88. The van der Waals surface area contributed by atoms with E-state index >= 15 is 0 Å². The van der Waals surface area contributed by atoms with Gasteiger partial charge in [0, 0.05) is 18.7 Å². The number of benzene rings is 4. The molecule has 0 aliphatic rings. The van der Waals surface area contributed by atoms with Crippen LogP contribution in [-0.2, 0) is 0 Å². The molecule has 4 aromatic carbocycles. The predicted molar refractivity (Wildman–Crippen MR) is 123 cm³/mol. The molecule has 0 saturated carbocycles. The quantitative estimate of drug-likeness (QED) is 0.272. The first-order valence-corrected chi connectivity index (χ1v) is 11.0. The van der Waals surface area contributed by atoms with Crippen molar-refractivity contribution < 1.29 is 0 Å². The van der Waals surface area contributed by atoms with E-state index in [1.165, 1.54) is 32.0 Å². The van der Waals surface area contributed by atoms with Crippen LogP contribution in [0.15, 0.2) is 116 Å². The van der Waals surface area contributed by atoms with E-state index < -0.39 is 0 Å². The molecule has 0 aliphatic carbocycles. The topological polar surface area (TPSA) is 0 Å². The molecule has 0 radical (unpaired) electrons. The molecular formula is C24H16Br2S. The van der Waals surface area contributed by atoms with Crippen molar-refractivity contribution in [2.45, 2.75) is 9.79 Å². The van der Waals surface area contributed by atoms with E-state index in [1.54, 1.807) is 11.8 Å². The van der Waals surface area contributed by atoms with Crippen LogP contribution in [0.5, 0.6) is 0 Å². The van der Waals surface area contributed by atoms with E-state index in [4.69, 9.17) is 0 Å². The Kier molecular flexibility index (Phi) is 5.82. The van der Waals surface area contributed by atoms with Crippen molar-refractivity contribution >= 4 is 43.6 Å². The van der Waals surface area contributed by atoms with Gasteiger partial charge in [-0.15, -0.1) is 0 Å². The number of halogens is 2. The molecule has 0 unspecified atom stereocenters. The van der Waals surface area contributed by atoms with E-state index in [0.717, 1.165) is 8.95 Å². The van der Waals surface area contributed by atoms with Crippen LogP contribution in [0.25, 0.3) is 22.3 Å². The van der Waals surface area contributed by atoms with Crippen molar-refractivity contribution in [3.8, 4) is 22.3 Å². The summed E-state index contributed by atoms with van der Waals surface area (Å²) < 4.78 is 2.22. The second-order valence-electron chi connectivity index (χ2n) is 6.05. The zero-order valence-corrected chi connectivity index (χ0v) is 18.4. The summed E-state index contributed by atoms with van der Waals surface area (Å²) in [6, 6.07) is 33.9. The van der Waals surface area contributed by atoms with Gasteiger partial charge < -0.3 is 0 Å². The maximum Gasteiger partial charge on any atom is 0.0254 e. The lowest BCUT2D eigenvalue weighted by atomic mass is 10.1. The van der Waals surface area contributed by atoms with Gasteiger partial charge in [-0.25, -0.2) is 0 Å². The minimum absolute atomic E-state index is 1.11. The van der Waals surface area contributed by atoms with Crippen LogP contribution in [0.2, 0.25) is 0 Å². The number of rotatable bonds is 4. The molecule has 0 saturated heterocycles. The van der Waals surface area contributed by atoms with E-state index in [2.05, 4.69) is 117 Å². The van der Waals surface area contributed by atoms with Crippen LogP contribution >= 0.6 is 43.6 Å². The van der Waals surface area contributed by atoms with Crippen LogP contribution in [0, 0.1) is 0 Å². The zero-order valence-electron chi connectivity index (χ0n) is 14.4. The minimum Gasteiger partial charge on any atom is -0.0888 e. The molecule has 4 aromatic rings. The molecule has 0 fully saturated rings. The van der Waals surface area contributed by atoms with Gasteiger partial charge in [-0.1, -0.05) is 116 Å². The fourth-order valence-corrected chi connectivity index (χ4v) is 5.14. The summed E-state index contributed by atoms with van der Waals surface area (Å²) in [5, 5.41) is 0. The van der Waals surface area contributed by atoms with E-state index in [0.29, 0.717) is 0 Å². The maximum absolute atomic E-state index is 3.70. The monoisotopic (exact) mass is 494 g/mol. The predicted octanol–water partition coefficient (Wildman–Crippen LogP) is 8.70. The Hall–Kier alpha value is -1.81. The molecule has 0 atom stereocenters. The van der Waals surface area contributed by atoms with Gasteiger partial charge in [0.15, 0.2) is 0 Å². The molecule has 27 heavy (non-hydrogen) atoms. The molecule has 132 valence electrons. The van der Waals surface area contributed by atoms with Crippen LogP contribution in [-0.4, -0.2) is 0 Å². The average Bonchev–Trinajstić information content (AvgIpc) is 2.70. The second kappa shape index (κ2) is 8.47. The molecule has 0 amide bonds. The lowest BCUT2D eigenvalue weighted by molar-refractivity contribution is 1.39. The van der Waals surface area contributed by atoms with E-state index in [9.17, 15) is 0 Å². The second-order valence-corrected chi connectivity index (χ2v) is 8.85. The molecule has 0 heterocycles. The Balaban J connectivity index is 1.80. The molecule has 0 spiro atoms. The first kappa shape index (κ1) is 18.5. The van der Waals surface area contributed by atoms with Gasteiger partial charge in [0.05, 0.1) is 0 Å². The van der Waals surface area contributed by atoms with Gasteiger partial charge in [-0.05, 0) is 46.5 Å². The molecule has 3 heteroatoms. The summed E-state index contributed by atoms with van der Waals surface area (Å²) in [6.45, 7) is 0. The van der Waals surface area contributed by atoms with Crippen molar-refractivity contribution in [2.24, 2.45) is 0 Å². The average molecular weight is 496 g/mol. The highest BCUT2D eigenvalue weighted by molar-refractivity contribution is 9.11. The SMILES string of the molecule is Brc1ccccc1-c1ccccc1Sc1ccccc1-c1ccccc1Br. The first-order chi connectivity index (χ1) is 13.2. The molecule has 0 aliphatic heterocycles. The highest BCUT2D eigenvalue weighted by Crippen LogP contribution is 2.43. The fraction of sp³-hybridized carbons (Fsp3) is 0. The van der Waals surface area contributed by atoms with Gasteiger partial charge in [0.1, 0.15) is 0 Å². The Labute approximate surface area is 180 Å². The number of hydrogen-bond donors (Lipinski definition) is 0.